The van der Waals surface area contributed by atoms with Gasteiger partial charge < -0.3 is 11.1 Å². The summed E-state index contributed by atoms with van der Waals surface area (Å²) >= 11 is 0. The van der Waals surface area contributed by atoms with Crippen molar-refractivity contribution in [2.75, 3.05) is 13.1 Å². The molecule has 0 saturated heterocycles. The van der Waals surface area contributed by atoms with Gasteiger partial charge >= 0.3 is 0 Å². The van der Waals surface area contributed by atoms with Crippen LogP contribution in [-0.4, -0.2) is 33.3 Å². The van der Waals surface area contributed by atoms with E-state index in [1.807, 2.05) is 6.92 Å². The van der Waals surface area contributed by atoms with E-state index in [2.05, 4.69) is 10.0 Å². The van der Waals surface area contributed by atoms with E-state index < -0.39 is 21.8 Å². The van der Waals surface area contributed by atoms with Gasteiger partial charge in [0.1, 0.15) is 0 Å². The highest BCUT2D eigenvalue weighted by Gasteiger charge is 2.16. The molecule has 1 aromatic carbocycles. The topological polar surface area (TPSA) is 118 Å². The maximum Gasteiger partial charge on any atom is 0.240 e. The standard InChI is InChI=1S/C13H19N3O4S/c1-9-3-4-11(10(2)7-9)21(19,20)16-6-5-13(18)15-8-12(14)17/h3-4,7,16H,5-6,8H2,1-2H3,(H2,14,17)(H,15,18). The average molecular weight is 313 g/mol. The Morgan fingerprint density at radius 1 is 1.24 bits per heavy atom. The zero-order valence-corrected chi connectivity index (χ0v) is 12.8. The maximum atomic E-state index is 12.1. The van der Waals surface area contributed by atoms with Crippen molar-refractivity contribution in [3.05, 3.63) is 29.3 Å². The summed E-state index contributed by atoms with van der Waals surface area (Å²) in [6, 6.07) is 5.01. The van der Waals surface area contributed by atoms with Gasteiger partial charge in [0.15, 0.2) is 0 Å². The summed E-state index contributed by atoms with van der Waals surface area (Å²) in [7, 11) is -3.66. The van der Waals surface area contributed by atoms with Gasteiger partial charge in [0.25, 0.3) is 0 Å². The highest BCUT2D eigenvalue weighted by Crippen LogP contribution is 2.15. The number of amides is 2. The predicted molar refractivity (Wildman–Crippen MR) is 77.9 cm³/mol. The van der Waals surface area contributed by atoms with Crippen LogP contribution < -0.4 is 15.8 Å². The molecule has 0 saturated carbocycles. The number of hydrogen-bond acceptors (Lipinski definition) is 4. The Kier molecular flexibility index (Phi) is 5.86. The summed E-state index contributed by atoms with van der Waals surface area (Å²) in [4.78, 5) is 22.0. The van der Waals surface area contributed by atoms with Crippen LogP contribution in [0.1, 0.15) is 17.5 Å². The van der Waals surface area contributed by atoms with E-state index in [1.54, 1.807) is 19.1 Å². The first-order valence-corrected chi connectivity index (χ1v) is 7.82. The minimum atomic E-state index is -3.66. The Morgan fingerprint density at radius 3 is 2.48 bits per heavy atom. The lowest BCUT2D eigenvalue weighted by Gasteiger charge is -2.10. The quantitative estimate of drug-likeness (QED) is 0.633. The van der Waals surface area contributed by atoms with E-state index >= 15 is 0 Å². The van der Waals surface area contributed by atoms with Gasteiger partial charge in [0.2, 0.25) is 21.8 Å². The number of nitrogens with one attached hydrogen (secondary N) is 2. The largest absolute Gasteiger partial charge is 0.368 e. The second kappa shape index (κ2) is 7.19. The van der Waals surface area contributed by atoms with Gasteiger partial charge in [-0.25, -0.2) is 13.1 Å². The summed E-state index contributed by atoms with van der Waals surface area (Å²) in [6.45, 7) is 3.27. The molecule has 0 unspecified atom stereocenters. The number of benzene rings is 1. The van der Waals surface area contributed by atoms with Crippen LogP contribution in [0, 0.1) is 13.8 Å². The SMILES string of the molecule is Cc1ccc(S(=O)(=O)NCCC(=O)NCC(N)=O)c(C)c1. The number of aryl methyl sites for hydroxylation is 2. The first-order chi connectivity index (χ1) is 9.72. The molecule has 0 aliphatic rings. The number of sulfonamides is 1. The van der Waals surface area contributed by atoms with Gasteiger partial charge in [0.05, 0.1) is 11.4 Å². The first-order valence-electron chi connectivity index (χ1n) is 6.34. The number of carbonyl (C=O) groups is 2. The Hall–Kier alpha value is -1.93. The summed E-state index contributed by atoms with van der Waals surface area (Å²) in [5.74, 6) is -1.10. The van der Waals surface area contributed by atoms with Crippen molar-refractivity contribution in [3.8, 4) is 0 Å². The van der Waals surface area contributed by atoms with Crippen molar-refractivity contribution in [3.63, 3.8) is 0 Å². The molecular weight excluding hydrogens is 294 g/mol. The molecule has 1 rings (SSSR count). The lowest BCUT2D eigenvalue weighted by Crippen LogP contribution is -2.35. The second-order valence-corrected chi connectivity index (χ2v) is 6.40. The van der Waals surface area contributed by atoms with Crippen LogP contribution in [0.5, 0.6) is 0 Å². The molecule has 0 aromatic heterocycles. The summed E-state index contributed by atoms with van der Waals surface area (Å²) in [5, 5.41) is 2.28. The molecule has 0 spiro atoms. The van der Waals surface area contributed by atoms with Crippen molar-refractivity contribution in [1.82, 2.24) is 10.0 Å². The van der Waals surface area contributed by atoms with Crippen LogP contribution in [0.25, 0.3) is 0 Å². The normalized spacial score (nSPS) is 11.1. The van der Waals surface area contributed by atoms with Crippen LogP contribution in [0.3, 0.4) is 0 Å². The van der Waals surface area contributed by atoms with Crippen LogP contribution in [0.15, 0.2) is 23.1 Å². The number of primary amides is 1. The molecule has 116 valence electrons. The lowest BCUT2D eigenvalue weighted by atomic mass is 10.2. The van der Waals surface area contributed by atoms with E-state index in [9.17, 15) is 18.0 Å². The molecule has 21 heavy (non-hydrogen) atoms. The fraction of sp³-hybridized carbons (Fsp3) is 0.385. The molecule has 8 heteroatoms. The minimum absolute atomic E-state index is 0.0553. The van der Waals surface area contributed by atoms with Gasteiger partial charge in [-0.15, -0.1) is 0 Å². The highest BCUT2D eigenvalue weighted by molar-refractivity contribution is 7.89. The third-order valence-corrected chi connectivity index (χ3v) is 4.35. The Bertz CT molecular complexity index is 641. The Morgan fingerprint density at radius 2 is 1.90 bits per heavy atom. The van der Waals surface area contributed by atoms with Gasteiger partial charge in [-0.05, 0) is 25.5 Å². The van der Waals surface area contributed by atoms with Gasteiger partial charge in [-0.3, -0.25) is 9.59 Å². The van der Waals surface area contributed by atoms with Crippen LogP contribution in [0.4, 0.5) is 0 Å². The van der Waals surface area contributed by atoms with E-state index in [-0.39, 0.29) is 24.4 Å². The first kappa shape index (κ1) is 17.1. The second-order valence-electron chi connectivity index (χ2n) is 4.66. The minimum Gasteiger partial charge on any atom is -0.368 e. The lowest BCUT2D eigenvalue weighted by molar-refractivity contribution is -0.124. The van der Waals surface area contributed by atoms with E-state index in [0.717, 1.165) is 5.56 Å². The molecule has 0 fully saturated rings. The van der Waals surface area contributed by atoms with E-state index in [4.69, 9.17) is 5.73 Å². The average Bonchev–Trinajstić information content (AvgIpc) is 2.35. The van der Waals surface area contributed by atoms with E-state index in [0.29, 0.717) is 5.56 Å². The third-order valence-electron chi connectivity index (χ3n) is 2.72. The van der Waals surface area contributed by atoms with Crippen molar-refractivity contribution in [2.45, 2.75) is 25.2 Å². The predicted octanol–water partition coefficient (Wildman–Crippen LogP) is -0.427. The van der Waals surface area contributed by atoms with Crippen molar-refractivity contribution in [2.24, 2.45) is 5.73 Å². The number of rotatable bonds is 7. The van der Waals surface area contributed by atoms with Crippen LogP contribution in [0.2, 0.25) is 0 Å². The molecular formula is C13H19N3O4S. The molecule has 0 bridgehead atoms. The Labute approximate surface area is 124 Å². The molecule has 7 nitrogen and oxygen atoms in total. The van der Waals surface area contributed by atoms with E-state index in [1.165, 1.54) is 6.07 Å². The van der Waals surface area contributed by atoms with Gasteiger partial charge in [-0.2, -0.15) is 0 Å². The maximum absolute atomic E-state index is 12.1. The highest BCUT2D eigenvalue weighted by atomic mass is 32.2. The Balaban J connectivity index is 2.57. The zero-order valence-electron chi connectivity index (χ0n) is 12.0. The summed E-state index contributed by atoms with van der Waals surface area (Å²) in [6.07, 6.45) is -0.0720. The monoisotopic (exact) mass is 313 g/mol. The molecule has 2 amide bonds. The fourth-order valence-corrected chi connectivity index (χ4v) is 3.01. The zero-order chi connectivity index (χ0) is 16.0. The van der Waals surface area contributed by atoms with Crippen LogP contribution >= 0.6 is 0 Å². The van der Waals surface area contributed by atoms with Crippen LogP contribution in [-0.2, 0) is 19.6 Å². The number of hydrogen-bond donors (Lipinski definition) is 3. The molecule has 1 aromatic rings. The number of nitrogens with two attached hydrogens (primary N) is 1. The molecule has 0 atom stereocenters. The van der Waals surface area contributed by atoms with Crippen molar-refractivity contribution >= 4 is 21.8 Å². The van der Waals surface area contributed by atoms with Crippen molar-refractivity contribution < 1.29 is 18.0 Å². The smallest absolute Gasteiger partial charge is 0.240 e. The third kappa shape index (κ3) is 5.52. The van der Waals surface area contributed by atoms with Crippen molar-refractivity contribution in [1.29, 1.82) is 0 Å². The molecule has 0 aliphatic heterocycles. The summed E-state index contributed by atoms with van der Waals surface area (Å²) < 4.78 is 26.5. The molecule has 0 heterocycles. The molecule has 0 aliphatic carbocycles. The number of carbonyl (C=O) groups excluding carboxylic acids is 2. The molecule has 4 N–H and O–H groups in total. The summed E-state index contributed by atoms with van der Waals surface area (Å²) in [5.41, 5.74) is 6.49. The fourth-order valence-electron chi connectivity index (χ4n) is 1.75. The molecule has 0 radical (unpaired) electrons. The van der Waals surface area contributed by atoms with Gasteiger partial charge in [0, 0.05) is 13.0 Å². The van der Waals surface area contributed by atoms with Gasteiger partial charge in [-0.1, -0.05) is 17.7 Å².